The minimum Gasteiger partial charge on any atom is -0.486 e. The van der Waals surface area contributed by atoms with Crippen LogP contribution in [-0.2, 0) is 24.4 Å². The standard InChI is InChI=1S/C15H17N3O2/c1-2-18-8-7-16-14(18)10-20-12-5-3-11-4-6-15(19)17-13(11)9-12/h3,5,7-9H,2,4,6,10H2,1H3,(H,17,19). The van der Waals surface area contributed by atoms with E-state index in [9.17, 15) is 4.79 Å². The molecule has 0 spiro atoms. The molecule has 104 valence electrons. The average Bonchev–Trinajstić information content (AvgIpc) is 2.92. The number of anilines is 1. The minimum atomic E-state index is 0.0659. The van der Waals surface area contributed by atoms with Crippen molar-refractivity contribution in [2.45, 2.75) is 32.9 Å². The first kappa shape index (κ1) is 12.7. The zero-order valence-electron chi connectivity index (χ0n) is 11.4. The summed E-state index contributed by atoms with van der Waals surface area (Å²) in [5.41, 5.74) is 2.02. The molecule has 1 amide bonds. The normalized spacial score (nSPS) is 13.8. The molecular weight excluding hydrogens is 254 g/mol. The number of rotatable bonds is 4. The Morgan fingerprint density at radius 2 is 2.30 bits per heavy atom. The Bertz CT molecular complexity index is 634. The van der Waals surface area contributed by atoms with Crippen LogP contribution in [-0.4, -0.2) is 15.5 Å². The molecular formula is C15H17N3O2. The summed E-state index contributed by atoms with van der Waals surface area (Å²) in [6.45, 7) is 3.37. The molecule has 1 aliphatic heterocycles. The highest BCUT2D eigenvalue weighted by Gasteiger charge is 2.15. The van der Waals surface area contributed by atoms with E-state index in [1.165, 1.54) is 0 Å². The molecule has 1 N–H and O–H groups in total. The van der Waals surface area contributed by atoms with E-state index in [1.807, 2.05) is 29.0 Å². The van der Waals surface area contributed by atoms with E-state index in [-0.39, 0.29) is 5.91 Å². The predicted octanol–water partition coefficient (Wildman–Crippen LogP) is 2.37. The van der Waals surface area contributed by atoms with Gasteiger partial charge in [0.2, 0.25) is 5.91 Å². The Balaban J connectivity index is 1.72. The molecule has 20 heavy (non-hydrogen) atoms. The summed E-state index contributed by atoms with van der Waals surface area (Å²) < 4.78 is 7.80. The number of nitrogens with zero attached hydrogens (tertiary/aromatic N) is 2. The molecule has 0 unspecified atom stereocenters. The largest absolute Gasteiger partial charge is 0.486 e. The van der Waals surface area contributed by atoms with Crippen molar-refractivity contribution in [3.05, 3.63) is 42.0 Å². The molecule has 1 aromatic heterocycles. The molecule has 0 aliphatic carbocycles. The summed E-state index contributed by atoms with van der Waals surface area (Å²) >= 11 is 0. The van der Waals surface area contributed by atoms with Gasteiger partial charge in [0.05, 0.1) is 0 Å². The fraction of sp³-hybridized carbons (Fsp3) is 0.333. The van der Waals surface area contributed by atoms with E-state index in [2.05, 4.69) is 17.2 Å². The number of hydrogen-bond acceptors (Lipinski definition) is 3. The molecule has 2 heterocycles. The van der Waals surface area contributed by atoms with E-state index < -0.39 is 0 Å². The van der Waals surface area contributed by atoms with Gasteiger partial charge in [-0.3, -0.25) is 4.79 Å². The van der Waals surface area contributed by atoms with Crippen molar-refractivity contribution in [3.8, 4) is 5.75 Å². The van der Waals surface area contributed by atoms with Gasteiger partial charge in [-0.2, -0.15) is 0 Å². The first-order valence-electron chi connectivity index (χ1n) is 6.82. The van der Waals surface area contributed by atoms with Gasteiger partial charge in [0.1, 0.15) is 18.2 Å². The molecule has 1 aromatic carbocycles. The molecule has 5 nitrogen and oxygen atoms in total. The van der Waals surface area contributed by atoms with Crippen molar-refractivity contribution in [2.24, 2.45) is 0 Å². The number of aromatic nitrogens is 2. The van der Waals surface area contributed by atoms with Gasteiger partial charge in [0.15, 0.2) is 0 Å². The number of fused-ring (bicyclic) bond motifs is 1. The third-order valence-corrected chi connectivity index (χ3v) is 3.49. The van der Waals surface area contributed by atoms with Gasteiger partial charge in [-0.05, 0) is 25.0 Å². The highest BCUT2D eigenvalue weighted by atomic mass is 16.5. The summed E-state index contributed by atoms with van der Waals surface area (Å²) in [4.78, 5) is 15.7. The summed E-state index contributed by atoms with van der Waals surface area (Å²) in [6, 6.07) is 5.83. The first-order chi connectivity index (χ1) is 9.76. The predicted molar refractivity (Wildman–Crippen MR) is 75.6 cm³/mol. The zero-order chi connectivity index (χ0) is 13.9. The van der Waals surface area contributed by atoms with E-state index in [0.29, 0.717) is 13.0 Å². The molecule has 1 aliphatic rings. The van der Waals surface area contributed by atoms with Gasteiger partial charge in [0, 0.05) is 37.1 Å². The van der Waals surface area contributed by atoms with Crippen molar-refractivity contribution in [2.75, 3.05) is 5.32 Å². The number of ether oxygens (including phenoxy) is 1. The minimum absolute atomic E-state index is 0.0659. The summed E-state index contributed by atoms with van der Waals surface area (Å²) in [5.74, 6) is 1.71. The second-order valence-corrected chi connectivity index (χ2v) is 4.79. The summed E-state index contributed by atoms with van der Waals surface area (Å²) in [5, 5.41) is 2.88. The molecule has 0 fully saturated rings. The van der Waals surface area contributed by atoms with E-state index in [1.54, 1.807) is 6.20 Å². The second-order valence-electron chi connectivity index (χ2n) is 4.79. The van der Waals surface area contributed by atoms with Crippen LogP contribution in [0.2, 0.25) is 0 Å². The maximum atomic E-state index is 11.4. The van der Waals surface area contributed by atoms with Crippen molar-refractivity contribution >= 4 is 11.6 Å². The van der Waals surface area contributed by atoms with Crippen LogP contribution in [0.5, 0.6) is 5.75 Å². The maximum Gasteiger partial charge on any atom is 0.224 e. The first-order valence-corrected chi connectivity index (χ1v) is 6.82. The lowest BCUT2D eigenvalue weighted by molar-refractivity contribution is -0.116. The Morgan fingerprint density at radius 3 is 3.15 bits per heavy atom. The van der Waals surface area contributed by atoms with Gasteiger partial charge < -0.3 is 14.6 Å². The van der Waals surface area contributed by atoms with E-state index in [4.69, 9.17) is 4.74 Å². The van der Waals surface area contributed by atoms with Crippen LogP contribution in [0.3, 0.4) is 0 Å². The van der Waals surface area contributed by atoms with Crippen molar-refractivity contribution in [3.63, 3.8) is 0 Å². The molecule has 0 bridgehead atoms. The summed E-state index contributed by atoms with van der Waals surface area (Å²) in [6.07, 6.45) is 5.06. The van der Waals surface area contributed by atoms with Crippen molar-refractivity contribution < 1.29 is 9.53 Å². The Hall–Kier alpha value is -2.30. The Kier molecular flexibility index (Phi) is 3.41. The lowest BCUT2D eigenvalue weighted by Crippen LogP contribution is -2.18. The maximum absolute atomic E-state index is 11.4. The third-order valence-electron chi connectivity index (χ3n) is 3.49. The van der Waals surface area contributed by atoms with Crippen LogP contribution in [0.25, 0.3) is 0 Å². The smallest absolute Gasteiger partial charge is 0.224 e. The number of hydrogen-bond donors (Lipinski definition) is 1. The number of imidazole rings is 1. The molecule has 0 saturated heterocycles. The third kappa shape index (κ3) is 2.52. The van der Waals surface area contributed by atoms with Crippen LogP contribution in [0, 0.1) is 0 Å². The number of nitrogens with one attached hydrogen (secondary N) is 1. The van der Waals surface area contributed by atoms with Crippen LogP contribution in [0.1, 0.15) is 24.7 Å². The lowest BCUT2D eigenvalue weighted by Gasteiger charge is -2.17. The fourth-order valence-electron chi connectivity index (χ4n) is 2.36. The number of benzene rings is 1. The molecule has 0 atom stereocenters. The summed E-state index contributed by atoms with van der Waals surface area (Å²) in [7, 11) is 0. The van der Waals surface area contributed by atoms with Crippen LogP contribution < -0.4 is 10.1 Å². The Morgan fingerprint density at radius 1 is 1.40 bits per heavy atom. The van der Waals surface area contributed by atoms with E-state index in [0.717, 1.165) is 35.8 Å². The van der Waals surface area contributed by atoms with Gasteiger partial charge in [0.25, 0.3) is 0 Å². The van der Waals surface area contributed by atoms with Gasteiger partial charge in [-0.1, -0.05) is 6.07 Å². The van der Waals surface area contributed by atoms with Gasteiger partial charge in [-0.15, -0.1) is 0 Å². The topological polar surface area (TPSA) is 56.1 Å². The fourth-order valence-corrected chi connectivity index (χ4v) is 2.36. The molecule has 3 rings (SSSR count). The monoisotopic (exact) mass is 271 g/mol. The van der Waals surface area contributed by atoms with Gasteiger partial charge in [-0.25, -0.2) is 4.98 Å². The SMILES string of the molecule is CCn1ccnc1COc1ccc2c(c1)NC(=O)CC2. The molecule has 0 radical (unpaired) electrons. The molecule has 5 heteroatoms. The number of carbonyl (C=O) groups is 1. The van der Waals surface area contributed by atoms with Crippen LogP contribution >= 0.6 is 0 Å². The number of aryl methyl sites for hydroxylation is 2. The van der Waals surface area contributed by atoms with Crippen LogP contribution in [0.4, 0.5) is 5.69 Å². The zero-order valence-corrected chi connectivity index (χ0v) is 11.4. The lowest BCUT2D eigenvalue weighted by atomic mass is 10.0. The number of amides is 1. The molecule has 0 saturated carbocycles. The van der Waals surface area contributed by atoms with Gasteiger partial charge >= 0.3 is 0 Å². The average molecular weight is 271 g/mol. The quantitative estimate of drug-likeness (QED) is 0.928. The van der Waals surface area contributed by atoms with Crippen molar-refractivity contribution in [1.82, 2.24) is 9.55 Å². The number of carbonyl (C=O) groups excluding carboxylic acids is 1. The van der Waals surface area contributed by atoms with E-state index >= 15 is 0 Å². The van der Waals surface area contributed by atoms with Crippen molar-refractivity contribution in [1.29, 1.82) is 0 Å². The second kappa shape index (κ2) is 5.36. The van der Waals surface area contributed by atoms with Crippen LogP contribution in [0.15, 0.2) is 30.6 Å². The Labute approximate surface area is 117 Å². The highest BCUT2D eigenvalue weighted by molar-refractivity contribution is 5.94. The highest BCUT2D eigenvalue weighted by Crippen LogP contribution is 2.27. The molecule has 2 aromatic rings.